The molecule has 0 unspecified atom stereocenters. The van der Waals surface area contributed by atoms with Crippen molar-refractivity contribution in [2.75, 3.05) is 38.1 Å². The Hall–Kier alpha value is -1.82. The first-order valence-corrected chi connectivity index (χ1v) is 7.85. The summed E-state index contributed by atoms with van der Waals surface area (Å²) in [4.78, 5) is 7.94. The van der Waals surface area contributed by atoms with E-state index in [1.807, 2.05) is 37.9 Å². The molecule has 0 saturated carbocycles. The van der Waals surface area contributed by atoms with Crippen LogP contribution in [0.2, 0.25) is 0 Å². The number of para-hydroxylation sites is 1. The average molecular weight is 325 g/mol. The molecular formula is C17H22F3N3. The Bertz CT molecular complexity index is 647. The van der Waals surface area contributed by atoms with Crippen LogP contribution in [0.5, 0.6) is 0 Å². The average Bonchev–Trinajstić information content (AvgIpc) is 2.56. The highest BCUT2D eigenvalue weighted by atomic mass is 19.4. The molecule has 1 aliphatic heterocycles. The minimum atomic E-state index is -4.43. The minimum Gasteiger partial charge on any atom is -0.368 e. The lowest BCUT2D eigenvalue weighted by Crippen LogP contribution is -2.44. The Morgan fingerprint density at radius 1 is 1.00 bits per heavy atom. The first-order valence-electron chi connectivity index (χ1n) is 7.85. The summed E-state index contributed by atoms with van der Waals surface area (Å²) in [6.07, 6.45) is -4.43. The molecule has 0 spiro atoms. The first kappa shape index (κ1) is 17.5. The quantitative estimate of drug-likeness (QED) is 0.789. The number of anilines is 1. The van der Waals surface area contributed by atoms with Crippen LogP contribution in [0.1, 0.15) is 19.5 Å². The molecule has 1 aromatic carbocycles. The molecule has 0 radical (unpaired) electrons. The van der Waals surface area contributed by atoms with Gasteiger partial charge in [-0.2, -0.15) is 13.2 Å². The molecule has 0 atom stereocenters. The molecule has 0 amide bonds. The smallest absolute Gasteiger partial charge is 0.368 e. The van der Waals surface area contributed by atoms with Crippen molar-refractivity contribution in [3.63, 3.8) is 0 Å². The van der Waals surface area contributed by atoms with Crippen LogP contribution >= 0.6 is 0 Å². The van der Waals surface area contributed by atoms with Gasteiger partial charge in [0.05, 0.1) is 5.52 Å². The normalized spacial score (nSPS) is 16.2. The Labute approximate surface area is 134 Å². The van der Waals surface area contributed by atoms with E-state index in [-0.39, 0.29) is 0 Å². The SMILES string of the molecule is CC.CN1CCN(c2cc(C(F)(F)F)nc3ccccc23)CC1. The van der Waals surface area contributed by atoms with Crippen LogP contribution < -0.4 is 4.90 Å². The summed E-state index contributed by atoms with van der Waals surface area (Å²) < 4.78 is 39.1. The second-order valence-corrected chi connectivity index (χ2v) is 5.33. The zero-order valence-electron chi connectivity index (χ0n) is 13.7. The molecule has 3 nitrogen and oxygen atoms in total. The summed E-state index contributed by atoms with van der Waals surface area (Å²) in [5.74, 6) is 0. The lowest BCUT2D eigenvalue weighted by atomic mass is 10.1. The topological polar surface area (TPSA) is 19.4 Å². The zero-order valence-corrected chi connectivity index (χ0v) is 13.7. The highest BCUT2D eigenvalue weighted by Crippen LogP contribution is 2.34. The Balaban J connectivity index is 0.000000924. The standard InChI is InChI=1S/C15H16F3N3.C2H6/c1-20-6-8-21(9-7-20)13-10-14(15(16,17)18)19-12-5-3-2-4-11(12)13;1-2/h2-5,10H,6-9H2,1H3;1-2H3. The molecular weight excluding hydrogens is 303 g/mol. The van der Waals surface area contributed by atoms with Gasteiger partial charge in [-0.1, -0.05) is 32.0 Å². The van der Waals surface area contributed by atoms with E-state index in [2.05, 4.69) is 9.88 Å². The molecule has 1 aliphatic rings. The maximum Gasteiger partial charge on any atom is 0.433 e. The molecule has 6 heteroatoms. The monoisotopic (exact) mass is 325 g/mol. The van der Waals surface area contributed by atoms with Crippen LogP contribution in [0.3, 0.4) is 0 Å². The lowest BCUT2D eigenvalue weighted by molar-refractivity contribution is -0.140. The van der Waals surface area contributed by atoms with Gasteiger partial charge in [-0.3, -0.25) is 0 Å². The van der Waals surface area contributed by atoms with Gasteiger partial charge >= 0.3 is 6.18 Å². The first-order chi connectivity index (χ1) is 10.9. The third-order valence-electron chi connectivity index (χ3n) is 3.83. The second kappa shape index (κ2) is 7.17. The molecule has 1 saturated heterocycles. The number of rotatable bonds is 1. The van der Waals surface area contributed by atoms with Crippen LogP contribution in [-0.4, -0.2) is 43.1 Å². The second-order valence-electron chi connectivity index (χ2n) is 5.33. The molecule has 1 fully saturated rings. The molecule has 1 aromatic heterocycles. The maximum absolute atomic E-state index is 13.0. The number of hydrogen-bond acceptors (Lipinski definition) is 3. The zero-order chi connectivity index (χ0) is 17.0. The Morgan fingerprint density at radius 2 is 1.61 bits per heavy atom. The van der Waals surface area contributed by atoms with Gasteiger partial charge in [-0.15, -0.1) is 0 Å². The number of likely N-dealkylation sites (N-methyl/N-ethyl adjacent to an activating group) is 1. The number of alkyl halides is 3. The highest BCUT2D eigenvalue weighted by Gasteiger charge is 2.34. The van der Waals surface area contributed by atoms with Crippen molar-refractivity contribution in [2.24, 2.45) is 0 Å². The number of benzene rings is 1. The number of halogens is 3. The van der Waals surface area contributed by atoms with Crippen LogP contribution in [0.25, 0.3) is 10.9 Å². The summed E-state index contributed by atoms with van der Waals surface area (Å²) in [5, 5.41) is 0.773. The molecule has 23 heavy (non-hydrogen) atoms. The minimum absolute atomic E-state index is 0.390. The van der Waals surface area contributed by atoms with Gasteiger partial charge < -0.3 is 9.80 Å². The fraction of sp³-hybridized carbons (Fsp3) is 0.471. The van der Waals surface area contributed by atoms with Crippen LogP contribution in [0.15, 0.2) is 30.3 Å². The lowest BCUT2D eigenvalue weighted by Gasteiger charge is -2.34. The van der Waals surface area contributed by atoms with E-state index in [0.717, 1.165) is 31.6 Å². The molecule has 0 N–H and O–H groups in total. The van der Waals surface area contributed by atoms with E-state index in [0.29, 0.717) is 11.2 Å². The number of piperazine rings is 1. The van der Waals surface area contributed by atoms with Crippen LogP contribution in [0.4, 0.5) is 18.9 Å². The summed E-state index contributed by atoms with van der Waals surface area (Å²) in [6.45, 7) is 7.14. The summed E-state index contributed by atoms with van der Waals surface area (Å²) in [6, 6.07) is 8.17. The molecule has 0 aliphatic carbocycles. The fourth-order valence-electron chi connectivity index (χ4n) is 2.61. The molecule has 2 heterocycles. The van der Waals surface area contributed by atoms with E-state index in [1.165, 1.54) is 6.07 Å². The van der Waals surface area contributed by atoms with E-state index >= 15 is 0 Å². The molecule has 3 rings (SSSR count). The van der Waals surface area contributed by atoms with Gasteiger partial charge in [0.15, 0.2) is 0 Å². The van der Waals surface area contributed by atoms with Crippen molar-refractivity contribution in [2.45, 2.75) is 20.0 Å². The third kappa shape index (κ3) is 3.93. The largest absolute Gasteiger partial charge is 0.433 e. The van der Waals surface area contributed by atoms with Crippen molar-refractivity contribution >= 4 is 16.6 Å². The Morgan fingerprint density at radius 3 is 2.22 bits per heavy atom. The van der Waals surface area contributed by atoms with E-state index < -0.39 is 11.9 Å². The van der Waals surface area contributed by atoms with Crippen molar-refractivity contribution in [1.82, 2.24) is 9.88 Å². The van der Waals surface area contributed by atoms with Crippen molar-refractivity contribution in [3.8, 4) is 0 Å². The molecule has 126 valence electrons. The fourth-order valence-corrected chi connectivity index (χ4v) is 2.61. The molecule has 0 bridgehead atoms. The number of nitrogens with zero attached hydrogens (tertiary/aromatic N) is 3. The Kier molecular flexibility index (Phi) is 5.46. The van der Waals surface area contributed by atoms with E-state index in [4.69, 9.17) is 0 Å². The summed E-state index contributed by atoms with van der Waals surface area (Å²) >= 11 is 0. The van der Waals surface area contributed by atoms with Crippen LogP contribution in [-0.2, 0) is 6.18 Å². The van der Waals surface area contributed by atoms with Gasteiger partial charge in [-0.25, -0.2) is 4.98 Å². The van der Waals surface area contributed by atoms with E-state index in [9.17, 15) is 13.2 Å². The third-order valence-corrected chi connectivity index (χ3v) is 3.83. The number of aromatic nitrogens is 1. The van der Waals surface area contributed by atoms with Crippen molar-refractivity contribution < 1.29 is 13.2 Å². The highest BCUT2D eigenvalue weighted by molar-refractivity contribution is 5.92. The number of fused-ring (bicyclic) bond motifs is 1. The predicted molar refractivity (Wildman–Crippen MR) is 87.8 cm³/mol. The summed E-state index contributed by atoms with van der Waals surface area (Å²) in [5.41, 5.74) is 0.192. The van der Waals surface area contributed by atoms with Crippen LogP contribution in [0, 0.1) is 0 Å². The van der Waals surface area contributed by atoms with E-state index in [1.54, 1.807) is 12.1 Å². The van der Waals surface area contributed by atoms with Gasteiger partial charge in [0, 0.05) is 37.3 Å². The van der Waals surface area contributed by atoms with Gasteiger partial charge in [-0.05, 0) is 19.2 Å². The maximum atomic E-state index is 13.0. The van der Waals surface area contributed by atoms with Gasteiger partial charge in [0.1, 0.15) is 5.69 Å². The number of pyridine rings is 1. The van der Waals surface area contributed by atoms with Gasteiger partial charge in [0.2, 0.25) is 0 Å². The molecule has 2 aromatic rings. The van der Waals surface area contributed by atoms with Gasteiger partial charge in [0.25, 0.3) is 0 Å². The number of hydrogen-bond donors (Lipinski definition) is 0. The van der Waals surface area contributed by atoms with Crippen molar-refractivity contribution in [1.29, 1.82) is 0 Å². The summed E-state index contributed by atoms with van der Waals surface area (Å²) in [7, 11) is 2.02. The predicted octanol–water partition coefficient (Wildman–Crippen LogP) is 4.03. The van der Waals surface area contributed by atoms with Crippen molar-refractivity contribution in [3.05, 3.63) is 36.0 Å².